The van der Waals surface area contributed by atoms with Crippen molar-refractivity contribution in [3.8, 4) is 0 Å². The topological polar surface area (TPSA) is 61.3 Å². The fourth-order valence-corrected chi connectivity index (χ4v) is 3.87. The fraction of sp³-hybridized carbons (Fsp3) is 0.235. The van der Waals surface area contributed by atoms with Crippen molar-refractivity contribution >= 4 is 38.9 Å². The van der Waals surface area contributed by atoms with Crippen molar-refractivity contribution in [2.75, 3.05) is 0 Å². The second-order valence-electron chi connectivity index (χ2n) is 5.79. The Morgan fingerprint density at radius 1 is 1.16 bits per heavy atom. The highest BCUT2D eigenvalue weighted by atomic mass is 35.5. The number of benzene rings is 1. The first kappa shape index (κ1) is 16.1. The standard InChI is InChI=1S/C17H15ClN4O2S/c1-2-8-20-15(23)14-13(7-9-25-14)22-16(20)19-21(17(22)24)10-11-3-5-12(18)6-4-11/h3-7,9H,2,8,10H2,1H3. The van der Waals surface area contributed by atoms with Crippen molar-refractivity contribution in [2.24, 2.45) is 0 Å². The third kappa shape index (κ3) is 2.60. The molecule has 0 amide bonds. The molecule has 0 spiro atoms. The summed E-state index contributed by atoms with van der Waals surface area (Å²) in [6, 6.07) is 9.07. The van der Waals surface area contributed by atoms with Crippen molar-refractivity contribution in [3.05, 3.63) is 67.1 Å². The van der Waals surface area contributed by atoms with Crippen LogP contribution >= 0.6 is 22.9 Å². The number of thiophene rings is 1. The van der Waals surface area contributed by atoms with Crippen molar-refractivity contribution in [1.29, 1.82) is 0 Å². The number of hydrogen-bond acceptors (Lipinski definition) is 4. The molecule has 0 aliphatic carbocycles. The van der Waals surface area contributed by atoms with Gasteiger partial charge in [0.1, 0.15) is 4.70 Å². The number of aromatic nitrogens is 4. The zero-order chi connectivity index (χ0) is 17.6. The summed E-state index contributed by atoms with van der Waals surface area (Å²) in [5.41, 5.74) is 1.19. The fourth-order valence-electron chi connectivity index (χ4n) is 2.92. The molecule has 0 aliphatic rings. The van der Waals surface area contributed by atoms with Crippen LogP contribution in [-0.2, 0) is 13.1 Å². The van der Waals surface area contributed by atoms with Crippen LogP contribution in [0.5, 0.6) is 0 Å². The zero-order valence-electron chi connectivity index (χ0n) is 13.5. The normalized spacial score (nSPS) is 11.6. The molecule has 25 heavy (non-hydrogen) atoms. The van der Waals surface area contributed by atoms with Gasteiger partial charge in [0, 0.05) is 11.6 Å². The van der Waals surface area contributed by atoms with E-state index in [-0.39, 0.29) is 11.2 Å². The molecule has 4 aromatic rings. The van der Waals surface area contributed by atoms with E-state index in [0.717, 1.165) is 12.0 Å². The minimum Gasteiger partial charge on any atom is -0.276 e. The van der Waals surface area contributed by atoms with Crippen LogP contribution in [0.15, 0.2) is 45.3 Å². The summed E-state index contributed by atoms with van der Waals surface area (Å²) >= 11 is 7.26. The molecule has 8 heteroatoms. The second-order valence-corrected chi connectivity index (χ2v) is 7.15. The first-order valence-corrected chi connectivity index (χ1v) is 9.20. The largest absolute Gasteiger partial charge is 0.352 e. The monoisotopic (exact) mass is 374 g/mol. The highest BCUT2D eigenvalue weighted by Crippen LogP contribution is 2.17. The third-order valence-electron chi connectivity index (χ3n) is 4.08. The molecule has 128 valence electrons. The Morgan fingerprint density at radius 2 is 1.92 bits per heavy atom. The summed E-state index contributed by atoms with van der Waals surface area (Å²) in [5, 5.41) is 6.91. The van der Waals surface area contributed by atoms with E-state index in [2.05, 4.69) is 5.10 Å². The lowest BCUT2D eigenvalue weighted by Crippen LogP contribution is -2.25. The Hall–Kier alpha value is -2.38. The molecular formula is C17H15ClN4O2S. The molecule has 0 fully saturated rings. The smallest absolute Gasteiger partial charge is 0.276 e. The van der Waals surface area contributed by atoms with Gasteiger partial charge in [-0.2, -0.15) is 0 Å². The molecule has 0 bridgehead atoms. The number of aryl methyl sites for hydroxylation is 1. The number of nitrogens with zero attached hydrogens (tertiary/aromatic N) is 4. The van der Waals surface area contributed by atoms with Gasteiger partial charge in [0.2, 0.25) is 5.78 Å². The molecule has 0 N–H and O–H groups in total. The van der Waals surface area contributed by atoms with Crippen LogP contribution in [-0.4, -0.2) is 18.7 Å². The van der Waals surface area contributed by atoms with E-state index in [1.807, 2.05) is 24.4 Å². The van der Waals surface area contributed by atoms with Crippen molar-refractivity contribution < 1.29 is 0 Å². The lowest BCUT2D eigenvalue weighted by atomic mass is 10.2. The quantitative estimate of drug-likeness (QED) is 0.551. The average Bonchev–Trinajstić information content (AvgIpc) is 3.19. The van der Waals surface area contributed by atoms with E-state index in [9.17, 15) is 9.59 Å². The first-order valence-electron chi connectivity index (χ1n) is 7.94. The van der Waals surface area contributed by atoms with Crippen LogP contribution in [0.25, 0.3) is 16.0 Å². The minimum absolute atomic E-state index is 0.0945. The Labute approximate surface area is 151 Å². The van der Waals surface area contributed by atoms with Crippen LogP contribution in [0.3, 0.4) is 0 Å². The molecule has 4 rings (SSSR count). The van der Waals surface area contributed by atoms with Gasteiger partial charge in [-0.1, -0.05) is 30.7 Å². The predicted molar refractivity (Wildman–Crippen MR) is 99.9 cm³/mol. The highest BCUT2D eigenvalue weighted by Gasteiger charge is 2.17. The summed E-state index contributed by atoms with van der Waals surface area (Å²) in [7, 11) is 0. The summed E-state index contributed by atoms with van der Waals surface area (Å²) in [6.45, 7) is 2.83. The molecular weight excluding hydrogens is 360 g/mol. The number of rotatable bonds is 4. The van der Waals surface area contributed by atoms with Crippen LogP contribution in [0, 0.1) is 0 Å². The molecule has 0 aliphatic heterocycles. The molecule has 0 saturated heterocycles. The summed E-state index contributed by atoms with van der Waals surface area (Å²) in [4.78, 5) is 25.6. The van der Waals surface area contributed by atoms with Crippen LogP contribution in [0.2, 0.25) is 5.02 Å². The van der Waals surface area contributed by atoms with Crippen LogP contribution < -0.4 is 11.2 Å². The molecule has 3 aromatic heterocycles. The lowest BCUT2D eigenvalue weighted by Gasteiger charge is -2.05. The molecule has 0 unspecified atom stereocenters. The number of fused-ring (bicyclic) bond motifs is 3. The number of hydrogen-bond donors (Lipinski definition) is 0. The van der Waals surface area contributed by atoms with Crippen molar-refractivity contribution in [3.63, 3.8) is 0 Å². The summed E-state index contributed by atoms with van der Waals surface area (Å²) in [6.07, 6.45) is 0.782. The van der Waals surface area contributed by atoms with E-state index >= 15 is 0 Å². The van der Waals surface area contributed by atoms with Gasteiger partial charge in [0.15, 0.2) is 0 Å². The predicted octanol–water partition coefficient (Wildman–Crippen LogP) is 2.98. The summed E-state index contributed by atoms with van der Waals surface area (Å²) in [5.74, 6) is 0.386. The number of halogens is 1. The van der Waals surface area contributed by atoms with Gasteiger partial charge in [-0.25, -0.2) is 13.9 Å². The lowest BCUT2D eigenvalue weighted by molar-refractivity contribution is 0.640. The van der Waals surface area contributed by atoms with Gasteiger partial charge >= 0.3 is 5.69 Å². The van der Waals surface area contributed by atoms with Gasteiger partial charge in [-0.3, -0.25) is 9.36 Å². The Morgan fingerprint density at radius 3 is 2.64 bits per heavy atom. The van der Waals surface area contributed by atoms with E-state index < -0.39 is 0 Å². The maximum atomic E-state index is 12.9. The van der Waals surface area contributed by atoms with Gasteiger partial charge in [0.05, 0.1) is 12.1 Å². The van der Waals surface area contributed by atoms with Crippen LogP contribution in [0.1, 0.15) is 18.9 Å². The first-order chi connectivity index (χ1) is 12.1. The zero-order valence-corrected chi connectivity index (χ0v) is 15.0. The van der Waals surface area contributed by atoms with E-state index in [0.29, 0.717) is 34.1 Å². The Balaban J connectivity index is 1.97. The molecule has 0 saturated carbocycles. The third-order valence-corrected chi connectivity index (χ3v) is 5.22. The molecule has 0 radical (unpaired) electrons. The van der Waals surface area contributed by atoms with Crippen molar-refractivity contribution in [2.45, 2.75) is 26.4 Å². The minimum atomic E-state index is -0.252. The molecule has 3 heterocycles. The Kier molecular flexibility index (Phi) is 3.97. The maximum absolute atomic E-state index is 12.9. The molecule has 0 atom stereocenters. The summed E-state index contributed by atoms with van der Waals surface area (Å²) < 4.78 is 5.08. The van der Waals surface area contributed by atoms with E-state index in [4.69, 9.17) is 11.6 Å². The van der Waals surface area contributed by atoms with Crippen molar-refractivity contribution in [1.82, 2.24) is 18.7 Å². The molecule has 6 nitrogen and oxygen atoms in total. The molecule has 1 aromatic carbocycles. The van der Waals surface area contributed by atoms with Crippen LogP contribution in [0.4, 0.5) is 0 Å². The van der Waals surface area contributed by atoms with Gasteiger partial charge in [-0.15, -0.1) is 16.4 Å². The second kappa shape index (κ2) is 6.16. The SMILES string of the molecule is CCCn1c(=O)c2sccc2n2c(=O)n(Cc3ccc(Cl)cc3)nc12. The van der Waals surface area contributed by atoms with E-state index in [1.54, 1.807) is 22.8 Å². The van der Waals surface area contributed by atoms with Gasteiger partial charge in [0.25, 0.3) is 5.56 Å². The van der Waals surface area contributed by atoms with Gasteiger partial charge < -0.3 is 0 Å². The highest BCUT2D eigenvalue weighted by molar-refractivity contribution is 7.17. The van der Waals surface area contributed by atoms with Gasteiger partial charge in [-0.05, 0) is 35.6 Å². The van der Waals surface area contributed by atoms with E-state index in [1.165, 1.54) is 20.4 Å². The maximum Gasteiger partial charge on any atom is 0.352 e. The Bertz CT molecular complexity index is 1180. The average molecular weight is 375 g/mol.